The molecule has 1 N–H and O–H groups in total. The summed E-state index contributed by atoms with van der Waals surface area (Å²) >= 11 is 6.12. The lowest BCUT2D eigenvalue weighted by atomic mass is 9.95. The molecule has 0 aromatic heterocycles. The molecule has 1 saturated carbocycles. The van der Waals surface area contributed by atoms with Crippen molar-refractivity contribution in [3.05, 3.63) is 82.9 Å². The number of nitrogens with zero attached hydrogens (tertiary/aromatic N) is 2. The minimum atomic E-state index is -0.166. The van der Waals surface area contributed by atoms with Crippen molar-refractivity contribution in [1.82, 2.24) is 15.1 Å². The third kappa shape index (κ3) is 6.46. The summed E-state index contributed by atoms with van der Waals surface area (Å²) in [4.78, 5) is 29.1. The molecule has 1 aliphatic carbocycles. The lowest BCUT2D eigenvalue weighted by Gasteiger charge is -2.39. The second kappa shape index (κ2) is 11.5. The molecule has 0 radical (unpaired) electrons. The minimum absolute atomic E-state index is 0.101. The number of benzene rings is 2. The van der Waals surface area contributed by atoms with Crippen molar-refractivity contribution in [2.24, 2.45) is 0 Å². The van der Waals surface area contributed by atoms with Crippen LogP contribution in [0.1, 0.15) is 49.3 Å². The van der Waals surface area contributed by atoms with E-state index in [-0.39, 0.29) is 23.9 Å². The van der Waals surface area contributed by atoms with Gasteiger partial charge < -0.3 is 10.2 Å². The van der Waals surface area contributed by atoms with Gasteiger partial charge in [-0.1, -0.05) is 73.3 Å². The second-order valence-electron chi connectivity index (χ2n) is 8.90. The van der Waals surface area contributed by atoms with Crippen LogP contribution in [0, 0.1) is 0 Å². The number of nitrogens with one attached hydrogen (secondary N) is 1. The Kier molecular flexibility index (Phi) is 8.19. The van der Waals surface area contributed by atoms with E-state index in [0.29, 0.717) is 13.1 Å². The molecule has 0 spiro atoms. The van der Waals surface area contributed by atoms with Gasteiger partial charge in [-0.25, -0.2) is 0 Å². The van der Waals surface area contributed by atoms with Crippen LogP contribution >= 0.6 is 11.6 Å². The minimum Gasteiger partial charge on any atom is -0.350 e. The normalized spacial score (nSPS) is 18.9. The fourth-order valence-corrected chi connectivity index (χ4v) is 4.97. The first-order valence-electron chi connectivity index (χ1n) is 11.9. The highest BCUT2D eigenvalue weighted by atomic mass is 35.5. The zero-order valence-electron chi connectivity index (χ0n) is 19.0. The fourth-order valence-electron chi connectivity index (χ4n) is 4.84. The molecule has 2 amide bonds. The lowest BCUT2D eigenvalue weighted by molar-refractivity contribution is -0.128. The monoisotopic (exact) mass is 465 g/mol. The molecule has 1 unspecified atom stereocenters. The molecular formula is C27H32ClN3O2. The Hall–Kier alpha value is -2.63. The van der Waals surface area contributed by atoms with Crippen LogP contribution in [0.25, 0.3) is 0 Å². The molecule has 2 aliphatic rings. The van der Waals surface area contributed by atoms with Gasteiger partial charge in [-0.05, 0) is 36.1 Å². The topological polar surface area (TPSA) is 52.7 Å². The molecule has 2 aromatic carbocycles. The van der Waals surface area contributed by atoms with Crippen molar-refractivity contribution in [2.45, 2.75) is 44.2 Å². The van der Waals surface area contributed by atoms with Crippen molar-refractivity contribution >= 4 is 23.4 Å². The third-order valence-corrected chi connectivity index (χ3v) is 6.87. The molecule has 1 heterocycles. The number of hydrogen-bond donors (Lipinski definition) is 1. The van der Waals surface area contributed by atoms with Gasteiger partial charge in [0.15, 0.2) is 0 Å². The maximum absolute atomic E-state index is 12.7. The number of rotatable bonds is 6. The number of hydrogen-bond acceptors (Lipinski definition) is 3. The molecular weight excluding hydrogens is 434 g/mol. The largest absolute Gasteiger partial charge is 0.350 e. The average molecular weight is 466 g/mol. The summed E-state index contributed by atoms with van der Waals surface area (Å²) in [5.74, 6) is -0.267. The quantitative estimate of drug-likeness (QED) is 0.635. The first kappa shape index (κ1) is 23.5. The number of halogens is 1. The van der Waals surface area contributed by atoms with Crippen molar-refractivity contribution in [1.29, 1.82) is 0 Å². The Morgan fingerprint density at radius 2 is 1.48 bits per heavy atom. The average Bonchev–Trinajstić information content (AvgIpc) is 2.86. The van der Waals surface area contributed by atoms with Gasteiger partial charge >= 0.3 is 0 Å². The molecule has 2 fully saturated rings. The molecule has 4 rings (SSSR count). The zero-order chi connectivity index (χ0) is 23.0. The maximum Gasteiger partial charge on any atom is 0.246 e. The first-order chi connectivity index (χ1) is 16.1. The fraction of sp³-hybridized carbons (Fsp3) is 0.407. The van der Waals surface area contributed by atoms with Gasteiger partial charge in [0.2, 0.25) is 11.8 Å². The van der Waals surface area contributed by atoms with E-state index < -0.39 is 0 Å². The van der Waals surface area contributed by atoms with E-state index in [0.717, 1.165) is 43.8 Å². The SMILES string of the molecule is O=C(/C=C\C(=O)N1CCN(C(c2ccccc2)c2ccc(Cl)cc2)CC1)NC1CCCCC1. The highest BCUT2D eigenvalue weighted by Gasteiger charge is 2.27. The molecule has 0 bridgehead atoms. The van der Waals surface area contributed by atoms with Crippen LogP contribution in [0.15, 0.2) is 66.7 Å². The molecule has 1 saturated heterocycles. The van der Waals surface area contributed by atoms with E-state index in [1.807, 2.05) is 23.1 Å². The van der Waals surface area contributed by atoms with Crippen LogP contribution in [0.4, 0.5) is 0 Å². The first-order valence-corrected chi connectivity index (χ1v) is 12.3. The van der Waals surface area contributed by atoms with Crippen molar-refractivity contribution in [3.8, 4) is 0 Å². The molecule has 33 heavy (non-hydrogen) atoms. The predicted molar refractivity (Wildman–Crippen MR) is 132 cm³/mol. The number of carbonyl (C=O) groups excluding carboxylic acids is 2. The molecule has 5 nitrogen and oxygen atoms in total. The molecule has 1 aliphatic heterocycles. The summed E-state index contributed by atoms with van der Waals surface area (Å²) in [6.07, 6.45) is 8.45. The van der Waals surface area contributed by atoms with Crippen molar-refractivity contribution in [3.63, 3.8) is 0 Å². The van der Waals surface area contributed by atoms with Crippen LogP contribution in [0.3, 0.4) is 0 Å². The zero-order valence-corrected chi connectivity index (χ0v) is 19.7. The van der Waals surface area contributed by atoms with Gasteiger partial charge in [0.1, 0.15) is 0 Å². The maximum atomic E-state index is 12.7. The van der Waals surface area contributed by atoms with Gasteiger partial charge in [-0.2, -0.15) is 0 Å². The Morgan fingerprint density at radius 1 is 0.848 bits per heavy atom. The van der Waals surface area contributed by atoms with Gasteiger partial charge in [0.05, 0.1) is 6.04 Å². The predicted octanol–water partition coefficient (Wildman–Crippen LogP) is 4.58. The second-order valence-corrected chi connectivity index (χ2v) is 9.34. The van der Waals surface area contributed by atoms with E-state index >= 15 is 0 Å². The molecule has 1 atom stereocenters. The Bertz CT molecular complexity index is 947. The Morgan fingerprint density at radius 3 is 2.15 bits per heavy atom. The van der Waals surface area contributed by atoms with Gasteiger partial charge in [0.25, 0.3) is 0 Å². The van der Waals surface area contributed by atoms with Crippen LogP contribution in [-0.2, 0) is 9.59 Å². The smallest absolute Gasteiger partial charge is 0.246 e. The summed E-state index contributed by atoms with van der Waals surface area (Å²) in [6, 6.07) is 18.8. The van der Waals surface area contributed by atoms with E-state index in [1.165, 1.54) is 29.7 Å². The summed E-state index contributed by atoms with van der Waals surface area (Å²) in [5, 5.41) is 3.75. The summed E-state index contributed by atoms with van der Waals surface area (Å²) in [6.45, 7) is 2.78. The van der Waals surface area contributed by atoms with Crippen molar-refractivity contribution in [2.75, 3.05) is 26.2 Å². The van der Waals surface area contributed by atoms with E-state index in [1.54, 1.807) is 0 Å². The molecule has 2 aromatic rings. The van der Waals surface area contributed by atoms with Crippen LogP contribution in [0.5, 0.6) is 0 Å². The van der Waals surface area contributed by atoms with E-state index in [9.17, 15) is 9.59 Å². The highest BCUT2D eigenvalue weighted by Crippen LogP contribution is 2.30. The number of carbonyl (C=O) groups is 2. The number of amides is 2. The van der Waals surface area contributed by atoms with Gasteiger partial charge in [0, 0.05) is 49.4 Å². The third-order valence-electron chi connectivity index (χ3n) is 6.62. The van der Waals surface area contributed by atoms with Crippen LogP contribution in [-0.4, -0.2) is 53.8 Å². The van der Waals surface area contributed by atoms with Crippen molar-refractivity contribution < 1.29 is 9.59 Å². The summed E-state index contributed by atoms with van der Waals surface area (Å²) in [5.41, 5.74) is 2.41. The molecule has 174 valence electrons. The van der Waals surface area contributed by atoms with E-state index in [4.69, 9.17) is 11.6 Å². The lowest BCUT2D eigenvalue weighted by Crippen LogP contribution is -2.49. The Balaban J connectivity index is 1.35. The van der Waals surface area contributed by atoms with Crippen LogP contribution in [0.2, 0.25) is 5.02 Å². The van der Waals surface area contributed by atoms with Gasteiger partial charge in [-0.15, -0.1) is 0 Å². The van der Waals surface area contributed by atoms with E-state index in [2.05, 4.69) is 46.6 Å². The highest BCUT2D eigenvalue weighted by molar-refractivity contribution is 6.30. The molecule has 6 heteroatoms. The standard InChI is InChI=1S/C27H32ClN3O2/c28-23-13-11-22(12-14-23)27(21-7-3-1-4-8-21)31-19-17-30(18-20-31)26(33)16-15-25(32)29-24-9-5-2-6-10-24/h1,3-4,7-8,11-16,24,27H,2,5-6,9-10,17-20H2,(H,29,32)/b16-15-. The van der Waals surface area contributed by atoms with Crippen LogP contribution < -0.4 is 5.32 Å². The van der Waals surface area contributed by atoms with Gasteiger partial charge in [-0.3, -0.25) is 14.5 Å². The Labute approximate surface area is 201 Å². The summed E-state index contributed by atoms with van der Waals surface area (Å²) < 4.78 is 0. The number of piperazine rings is 1. The summed E-state index contributed by atoms with van der Waals surface area (Å²) in [7, 11) is 0.